The van der Waals surface area contributed by atoms with Gasteiger partial charge in [0.2, 0.25) is 0 Å². The second kappa shape index (κ2) is 6.40. The lowest BCUT2D eigenvalue weighted by Crippen LogP contribution is -2.38. The molecular formula is C17H21NO4. The first kappa shape index (κ1) is 16.4. The van der Waals surface area contributed by atoms with Crippen LogP contribution in [0.25, 0.3) is 0 Å². The van der Waals surface area contributed by atoms with Gasteiger partial charge in [0.05, 0.1) is 19.4 Å². The number of Topliss-reactive ketones (excluding diaryl/α,β-unsaturated/α-hetero) is 2. The Labute approximate surface area is 130 Å². The van der Waals surface area contributed by atoms with E-state index in [9.17, 15) is 14.7 Å². The number of aliphatic hydroxyl groups excluding tert-OH is 1. The molecular weight excluding hydrogens is 282 g/mol. The van der Waals surface area contributed by atoms with Gasteiger partial charge in [-0.15, -0.1) is 0 Å². The third-order valence-electron chi connectivity index (χ3n) is 3.82. The fourth-order valence-electron chi connectivity index (χ4n) is 2.65. The Balaban J connectivity index is 2.25. The molecule has 1 aromatic rings. The Morgan fingerprint density at radius 3 is 2.50 bits per heavy atom. The van der Waals surface area contributed by atoms with Gasteiger partial charge in [0.25, 0.3) is 0 Å². The number of carbonyl (C=O) groups excluding carboxylic acids is 2. The summed E-state index contributed by atoms with van der Waals surface area (Å²) >= 11 is 0. The predicted molar refractivity (Wildman–Crippen MR) is 83.6 cm³/mol. The molecule has 0 bridgehead atoms. The van der Waals surface area contributed by atoms with Gasteiger partial charge in [-0.1, -0.05) is 19.9 Å². The van der Waals surface area contributed by atoms with E-state index in [1.54, 1.807) is 18.2 Å². The van der Waals surface area contributed by atoms with E-state index in [0.717, 1.165) is 0 Å². The van der Waals surface area contributed by atoms with Crippen LogP contribution in [0.1, 0.15) is 32.3 Å². The quantitative estimate of drug-likeness (QED) is 0.685. The van der Waals surface area contributed by atoms with Crippen molar-refractivity contribution in [1.29, 1.82) is 0 Å². The SMILES string of the molecule is COc1ccc(CO)c(N=CC2C(=O)CC(C)(C)CC2=O)c1. The summed E-state index contributed by atoms with van der Waals surface area (Å²) in [7, 11) is 1.54. The first-order valence-electron chi connectivity index (χ1n) is 7.24. The van der Waals surface area contributed by atoms with Gasteiger partial charge in [-0.2, -0.15) is 0 Å². The summed E-state index contributed by atoms with van der Waals surface area (Å²) in [5.41, 5.74) is 0.852. The van der Waals surface area contributed by atoms with Gasteiger partial charge in [0, 0.05) is 30.7 Å². The van der Waals surface area contributed by atoms with E-state index in [2.05, 4.69) is 4.99 Å². The molecule has 0 aromatic heterocycles. The van der Waals surface area contributed by atoms with Crippen molar-refractivity contribution < 1.29 is 19.4 Å². The maximum atomic E-state index is 12.1. The molecule has 1 aliphatic rings. The van der Waals surface area contributed by atoms with Gasteiger partial charge in [0.1, 0.15) is 23.2 Å². The van der Waals surface area contributed by atoms with Crippen LogP contribution in [0.15, 0.2) is 23.2 Å². The standard InChI is InChI=1S/C17H21NO4/c1-17(2)7-15(20)13(16(21)8-17)9-18-14-6-12(22-3)5-4-11(14)10-19/h4-6,9,13,19H,7-8,10H2,1-3H3. The molecule has 118 valence electrons. The lowest BCUT2D eigenvalue weighted by molar-refractivity contribution is -0.136. The minimum Gasteiger partial charge on any atom is -0.497 e. The van der Waals surface area contributed by atoms with Crippen LogP contribution < -0.4 is 4.74 Å². The maximum Gasteiger partial charge on any atom is 0.149 e. The Morgan fingerprint density at radius 1 is 1.32 bits per heavy atom. The summed E-state index contributed by atoms with van der Waals surface area (Å²) in [6.07, 6.45) is 2.15. The number of ketones is 2. The van der Waals surface area contributed by atoms with Crippen molar-refractivity contribution in [1.82, 2.24) is 0 Å². The molecule has 0 saturated heterocycles. The first-order chi connectivity index (χ1) is 10.4. The number of hydrogen-bond donors (Lipinski definition) is 1. The van der Waals surface area contributed by atoms with Crippen molar-refractivity contribution >= 4 is 23.5 Å². The highest BCUT2D eigenvalue weighted by Gasteiger charge is 2.38. The fourth-order valence-corrected chi connectivity index (χ4v) is 2.65. The number of ether oxygens (including phenoxy) is 1. The molecule has 0 spiro atoms. The second-order valence-electron chi connectivity index (χ2n) is 6.36. The molecule has 0 atom stereocenters. The number of aliphatic imine (C=N–C) groups is 1. The van der Waals surface area contributed by atoms with Crippen molar-refractivity contribution in [3.05, 3.63) is 23.8 Å². The Kier molecular flexibility index (Phi) is 4.76. The van der Waals surface area contributed by atoms with E-state index in [4.69, 9.17) is 4.74 Å². The molecule has 1 N–H and O–H groups in total. The summed E-state index contributed by atoms with van der Waals surface area (Å²) in [6, 6.07) is 5.10. The smallest absolute Gasteiger partial charge is 0.149 e. The second-order valence-corrected chi connectivity index (χ2v) is 6.36. The Morgan fingerprint density at radius 2 is 1.95 bits per heavy atom. The van der Waals surface area contributed by atoms with E-state index in [1.165, 1.54) is 13.3 Å². The average Bonchev–Trinajstić information content (AvgIpc) is 2.44. The number of aliphatic hydroxyl groups is 1. The van der Waals surface area contributed by atoms with Gasteiger partial charge >= 0.3 is 0 Å². The highest BCUT2D eigenvalue weighted by Crippen LogP contribution is 2.34. The van der Waals surface area contributed by atoms with Crippen LogP contribution in [-0.4, -0.2) is 30.0 Å². The molecule has 1 saturated carbocycles. The topological polar surface area (TPSA) is 76.0 Å². The Hall–Kier alpha value is -2.01. The van der Waals surface area contributed by atoms with Crippen LogP contribution in [0.3, 0.4) is 0 Å². The molecule has 5 nitrogen and oxygen atoms in total. The van der Waals surface area contributed by atoms with Crippen LogP contribution >= 0.6 is 0 Å². The van der Waals surface area contributed by atoms with Crippen molar-refractivity contribution in [3.63, 3.8) is 0 Å². The summed E-state index contributed by atoms with van der Waals surface area (Å²) in [5.74, 6) is -0.380. The number of rotatable bonds is 4. The zero-order valence-electron chi connectivity index (χ0n) is 13.1. The lowest BCUT2D eigenvalue weighted by atomic mass is 9.72. The molecule has 2 rings (SSSR count). The van der Waals surface area contributed by atoms with Crippen LogP contribution in [-0.2, 0) is 16.2 Å². The van der Waals surface area contributed by atoms with Gasteiger partial charge in [-0.25, -0.2) is 0 Å². The van der Waals surface area contributed by atoms with E-state index in [0.29, 0.717) is 29.8 Å². The molecule has 5 heteroatoms. The van der Waals surface area contributed by atoms with Crippen molar-refractivity contribution in [2.45, 2.75) is 33.3 Å². The largest absolute Gasteiger partial charge is 0.497 e. The summed E-state index contributed by atoms with van der Waals surface area (Å²) in [4.78, 5) is 28.5. The number of hydrogen-bond acceptors (Lipinski definition) is 5. The average molecular weight is 303 g/mol. The molecule has 1 fully saturated rings. The summed E-state index contributed by atoms with van der Waals surface area (Å²) < 4.78 is 5.13. The number of benzene rings is 1. The third kappa shape index (κ3) is 3.60. The van der Waals surface area contributed by atoms with E-state index < -0.39 is 5.92 Å². The normalized spacial score (nSPS) is 18.9. The molecule has 1 aliphatic carbocycles. The minimum absolute atomic E-state index is 0.0987. The van der Waals surface area contributed by atoms with Gasteiger partial charge in [-0.05, 0) is 11.5 Å². The van der Waals surface area contributed by atoms with E-state index in [1.807, 2.05) is 13.8 Å². The first-order valence-corrected chi connectivity index (χ1v) is 7.24. The zero-order chi connectivity index (χ0) is 16.3. The van der Waals surface area contributed by atoms with Crippen LogP contribution in [0, 0.1) is 11.3 Å². The molecule has 1 aromatic carbocycles. The lowest BCUT2D eigenvalue weighted by Gasteiger charge is -2.30. The highest BCUT2D eigenvalue weighted by molar-refractivity contribution is 6.16. The number of carbonyl (C=O) groups is 2. The monoisotopic (exact) mass is 303 g/mol. The third-order valence-corrected chi connectivity index (χ3v) is 3.82. The van der Waals surface area contributed by atoms with Crippen molar-refractivity contribution in [2.75, 3.05) is 7.11 Å². The van der Waals surface area contributed by atoms with Gasteiger partial charge in [-0.3, -0.25) is 14.6 Å². The predicted octanol–water partition coefficient (Wildman–Crippen LogP) is 2.46. The van der Waals surface area contributed by atoms with E-state index >= 15 is 0 Å². The Bertz CT molecular complexity index is 599. The summed E-state index contributed by atoms with van der Waals surface area (Å²) in [5, 5.41) is 9.34. The highest BCUT2D eigenvalue weighted by atomic mass is 16.5. The molecule has 22 heavy (non-hydrogen) atoms. The van der Waals surface area contributed by atoms with Crippen molar-refractivity contribution in [3.8, 4) is 5.75 Å². The molecule has 0 amide bonds. The van der Waals surface area contributed by atoms with Crippen LogP contribution in [0.2, 0.25) is 0 Å². The van der Waals surface area contributed by atoms with Crippen molar-refractivity contribution in [2.24, 2.45) is 16.3 Å². The fraction of sp³-hybridized carbons (Fsp3) is 0.471. The molecule has 0 unspecified atom stereocenters. The maximum absolute atomic E-state index is 12.1. The minimum atomic E-state index is -0.786. The number of methoxy groups -OCH3 is 1. The zero-order valence-corrected chi connectivity index (χ0v) is 13.1. The summed E-state index contributed by atoms with van der Waals surface area (Å²) in [6.45, 7) is 3.67. The number of nitrogens with zero attached hydrogens (tertiary/aromatic N) is 1. The molecule has 0 aliphatic heterocycles. The van der Waals surface area contributed by atoms with E-state index in [-0.39, 0.29) is 23.6 Å². The molecule has 0 heterocycles. The van der Waals surface area contributed by atoms with Gasteiger partial charge in [0.15, 0.2) is 0 Å². The molecule has 0 radical (unpaired) electrons. The van der Waals surface area contributed by atoms with Gasteiger partial charge < -0.3 is 9.84 Å². The van der Waals surface area contributed by atoms with Crippen LogP contribution in [0.5, 0.6) is 5.75 Å². The van der Waals surface area contributed by atoms with Crippen LogP contribution in [0.4, 0.5) is 5.69 Å².